The molecule has 0 unspecified atom stereocenters. The number of rotatable bonds is 2. The van der Waals surface area contributed by atoms with Crippen molar-refractivity contribution in [3.63, 3.8) is 0 Å². The molecule has 0 radical (unpaired) electrons. The molecule has 1 saturated heterocycles. The average molecular weight is 344 g/mol. The molecule has 2 heterocycles. The van der Waals surface area contributed by atoms with Crippen molar-refractivity contribution in [1.29, 1.82) is 0 Å². The number of aromatic nitrogens is 2. The van der Waals surface area contributed by atoms with Crippen molar-refractivity contribution in [3.05, 3.63) is 32.9 Å². The third kappa shape index (κ3) is 4.30. The van der Waals surface area contributed by atoms with Crippen molar-refractivity contribution in [2.24, 2.45) is 0 Å². The predicted molar refractivity (Wildman–Crippen MR) is 67.7 cm³/mol. The minimum Gasteiger partial charge on any atom is -0.394 e. The molecule has 1 aromatic heterocycles. The monoisotopic (exact) mass is 344 g/mol. The topological polar surface area (TPSA) is 182 Å². The van der Waals surface area contributed by atoms with Gasteiger partial charge in [-0.05, 0) is 0 Å². The molecule has 0 aliphatic carbocycles. The van der Waals surface area contributed by atoms with Gasteiger partial charge in [0.2, 0.25) is 5.82 Å². The van der Waals surface area contributed by atoms with Crippen molar-refractivity contribution in [2.75, 3.05) is 6.61 Å². The number of hydrogen-bond donors (Lipinski definition) is 6. The van der Waals surface area contributed by atoms with Gasteiger partial charge in [-0.15, -0.1) is 0 Å². The maximum atomic E-state index is 13.1. The summed E-state index contributed by atoms with van der Waals surface area (Å²) < 4.78 is 27.4. The lowest BCUT2D eigenvalue weighted by molar-refractivity contribution is -0.0554. The van der Waals surface area contributed by atoms with Crippen LogP contribution < -0.4 is 11.2 Å². The molecule has 13 heteroatoms. The zero-order valence-electron chi connectivity index (χ0n) is 10.8. The number of aromatic amines is 1. The largest absolute Gasteiger partial charge is 0.394 e. The Labute approximate surface area is 121 Å². The van der Waals surface area contributed by atoms with Crippen molar-refractivity contribution in [3.8, 4) is 0 Å². The van der Waals surface area contributed by atoms with Gasteiger partial charge in [0.25, 0.3) is 5.56 Å². The Morgan fingerprint density at radius 3 is 2.32 bits per heavy atom. The lowest BCUT2D eigenvalue weighted by atomic mass is 10.1. The Morgan fingerprint density at radius 1 is 1.32 bits per heavy atom. The average Bonchev–Trinajstić information content (AvgIpc) is 2.70. The van der Waals surface area contributed by atoms with Gasteiger partial charge in [-0.1, -0.05) is 0 Å². The molecule has 4 atom stereocenters. The standard InChI is InChI=1S/C9H11FN2O6.H3O3P/c10-3-1-12(9(17)11-7(3)16)8-6(15)5(14)4(2-13)18-8;1-4(2)3/h1,4-6,8,13-15H,2H2,(H,11,16,17);4H,(H2,1,2,3)/t4-,5-,6-,8-;/m1./s1. The van der Waals surface area contributed by atoms with E-state index in [9.17, 15) is 24.2 Å². The molecular formula is C9H14FN2O9P. The third-order valence-corrected chi connectivity index (χ3v) is 2.72. The zero-order chi connectivity index (χ0) is 17.0. The highest BCUT2D eigenvalue weighted by Crippen LogP contribution is 2.27. The van der Waals surface area contributed by atoms with Crippen LogP contribution >= 0.6 is 8.25 Å². The lowest BCUT2D eigenvalue weighted by Gasteiger charge is -2.16. The first-order chi connectivity index (χ1) is 10.2. The van der Waals surface area contributed by atoms with Crippen LogP contribution in [0.4, 0.5) is 4.39 Å². The second kappa shape index (κ2) is 7.74. The maximum Gasteiger partial charge on any atom is 0.330 e. The van der Waals surface area contributed by atoms with Crippen molar-refractivity contribution < 1.29 is 38.8 Å². The molecule has 11 nitrogen and oxygen atoms in total. The number of H-pyrrole nitrogens is 1. The van der Waals surface area contributed by atoms with Gasteiger partial charge < -0.3 is 29.8 Å². The van der Waals surface area contributed by atoms with Crippen LogP contribution in [0.2, 0.25) is 0 Å². The number of ether oxygens (including phenoxy) is 1. The first kappa shape index (κ1) is 18.6. The molecule has 1 fully saturated rings. The van der Waals surface area contributed by atoms with Crippen molar-refractivity contribution in [2.45, 2.75) is 24.5 Å². The molecule has 2 rings (SSSR count). The van der Waals surface area contributed by atoms with Gasteiger partial charge in [-0.25, -0.2) is 4.79 Å². The fourth-order valence-corrected chi connectivity index (χ4v) is 1.76. The van der Waals surface area contributed by atoms with Gasteiger partial charge in [0.05, 0.1) is 12.8 Å². The molecule has 126 valence electrons. The Hall–Kier alpha value is -1.40. The van der Waals surface area contributed by atoms with Crippen LogP contribution in [-0.4, -0.2) is 59.6 Å². The van der Waals surface area contributed by atoms with E-state index in [2.05, 4.69) is 0 Å². The minimum atomic E-state index is -3.13. The second-order valence-corrected chi connectivity index (χ2v) is 4.72. The smallest absolute Gasteiger partial charge is 0.330 e. The van der Waals surface area contributed by atoms with Crippen LogP contribution in [0.15, 0.2) is 15.8 Å². The SMILES string of the molecule is O=[PH](O)O.O=c1[nH]c(=O)n([C@@H]2O[C@H](CO)[C@@H](O)[C@H]2O)cc1F. The van der Waals surface area contributed by atoms with E-state index in [-0.39, 0.29) is 0 Å². The molecule has 0 spiro atoms. The summed E-state index contributed by atoms with van der Waals surface area (Å²) >= 11 is 0. The van der Waals surface area contributed by atoms with E-state index in [4.69, 9.17) is 24.2 Å². The zero-order valence-corrected chi connectivity index (χ0v) is 11.8. The summed E-state index contributed by atoms with van der Waals surface area (Å²) in [5.74, 6) is -1.23. The van der Waals surface area contributed by atoms with Crippen LogP contribution in [-0.2, 0) is 9.30 Å². The molecule has 22 heavy (non-hydrogen) atoms. The van der Waals surface area contributed by atoms with Gasteiger partial charge in [-0.2, -0.15) is 4.39 Å². The molecule has 1 aromatic rings. The minimum absolute atomic E-state index is 0.571. The van der Waals surface area contributed by atoms with Gasteiger partial charge in [0.1, 0.15) is 18.3 Å². The first-order valence-electron chi connectivity index (χ1n) is 5.74. The molecule has 0 amide bonds. The summed E-state index contributed by atoms with van der Waals surface area (Å²) in [6.45, 7) is -0.574. The van der Waals surface area contributed by atoms with Gasteiger partial charge >= 0.3 is 13.9 Å². The quantitative estimate of drug-likeness (QED) is 0.298. The van der Waals surface area contributed by atoms with E-state index in [1.807, 2.05) is 0 Å². The Morgan fingerprint density at radius 2 is 1.86 bits per heavy atom. The predicted octanol–water partition coefficient (Wildman–Crippen LogP) is -3.35. The molecular weight excluding hydrogens is 330 g/mol. The molecule has 6 N–H and O–H groups in total. The van der Waals surface area contributed by atoms with E-state index in [0.29, 0.717) is 10.8 Å². The number of aliphatic hydroxyl groups excluding tert-OH is 3. The third-order valence-electron chi connectivity index (χ3n) is 2.72. The van der Waals surface area contributed by atoms with Crippen LogP contribution in [0, 0.1) is 5.82 Å². The summed E-state index contributed by atoms with van der Waals surface area (Å²) in [5.41, 5.74) is -2.18. The van der Waals surface area contributed by atoms with Gasteiger partial charge in [0, 0.05) is 0 Å². The summed E-state index contributed by atoms with van der Waals surface area (Å²) in [4.78, 5) is 38.3. The van der Waals surface area contributed by atoms with Gasteiger partial charge in [-0.3, -0.25) is 18.9 Å². The van der Waals surface area contributed by atoms with Crippen LogP contribution in [0.3, 0.4) is 0 Å². The molecule has 0 saturated carbocycles. The number of nitrogens with zero attached hydrogens (tertiary/aromatic N) is 1. The Kier molecular flexibility index (Phi) is 6.56. The van der Waals surface area contributed by atoms with Crippen LogP contribution in [0.1, 0.15) is 6.23 Å². The Bertz CT molecular complexity index is 643. The fourth-order valence-electron chi connectivity index (χ4n) is 1.76. The lowest BCUT2D eigenvalue weighted by Crippen LogP contribution is -2.38. The maximum absolute atomic E-state index is 13.1. The molecule has 1 aliphatic rings. The second-order valence-electron chi connectivity index (χ2n) is 4.16. The molecule has 0 aromatic carbocycles. The van der Waals surface area contributed by atoms with E-state index in [1.165, 1.54) is 0 Å². The highest BCUT2D eigenvalue weighted by atomic mass is 31.1. The van der Waals surface area contributed by atoms with E-state index in [0.717, 1.165) is 0 Å². The summed E-state index contributed by atoms with van der Waals surface area (Å²) in [7, 11) is -3.13. The van der Waals surface area contributed by atoms with Crippen molar-refractivity contribution in [1.82, 2.24) is 9.55 Å². The normalized spacial score (nSPS) is 27.6. The highest BCUT2D eigenvalue weighted by Gasteiger charge is 2.43. The van der Waals surface area contributed by atoms with Crippen LogP contribution in [0.5, 0.6) is 0 Å². The summed E-state index contributed by atoms with van der Waals surface area (Å²) in [6, 6.07) is 0. The number of nitrogens with one attached hydrogen (secondary N) is 1. The van der Waals surface area contributed by atoms with E-state index in [1.54, 1.807) is 4.98 Å². The molecule has 1 aliphatic heterocycles. The number of aliphatic hydroxyl groups is 3. The van der Waals surface area contributed by atoms with E-state index >= 15 is 0 Å². The number of halogens is 1. The van der Waals surface area contributed by atoms with Crippen molar-refractivity contribution >= 4 is 8.25 Å². The summed E-state index contributed by atoms with van der Waals surface area (Å²) in [6.07, 6.45) is -4.84. The van der Waals surface area contributed by atoms with E-state index < -0.39 is 56.5 Å². The summed E-state index contributed by atoms with van der Waals surface area (Å²) in [5, 5.41) is 28.0. The fraction of sp³-hybridized carbons (Fsp3) is 0.556. The first-order valence-corrected chi connectivity index (χ1v) is 7.04. The molecule has 0 bridgehead atoms. The Balaban J connectivity index is 0.000000541. The number of hydrogen-bond acceptors (Lipinski definition) is 7. The highest BCUT2D eigenvalue weighted by molar-refractivity contribution is 7.30. The van der Waals surface area contributed by atoms with Gasteiger partial charge in [0.15, 0.2) is 6.23 Å². The van der Waals surface area contributed by atoms with Crippen LogP contribution in [0.25, 0.3) is 0 Å².